The third-order valence-electron chi connectivity index (χ3n) is 5.11. The number of fused-ring (bicyclic) bond motifs is 3. The molecule has 3 rings (SSSR count). The molecule has 8 heteroatoms. The topological polar surface area (TPSA) is 89.3 Å². The Labute approximate surface area is 182 Å². The van der Waals surface area contributed by atoms with Crippen LogP contribution in [0.15, 0.2) is 30.6 Å². The lowest BCUT2D eigenvalue weighted by atomic mass is 10.1. The second-order valence-electron chi connectivity index (χ2n) is 9.13. The standard InChI is InChI=1S/C23H31N5O3/c1-15(2)11-28-14-24-20-21(28)16-9-7-8-10-17(16)25-22(20)26-18(29)12-31-13-19(30)27(6)23(3,4)5/h7-10,14-15H,11-13H2,1-6H3,(H,25,26,29). The van der Waals surface area contributed by atoms with Crippen LogP contribution < -0.4 is 5.32 Å². The van der Waals surface area contributed by atoms with E-state index in [0.29, 0.717) is 17.3 Å². The van der Waals surface area contributed by atoms with Crippen molar-refractivity contribution in [1.29, 1.82) is 0 Å². The lowest BCUT2D eigenvalue weighted by Gasteiger charge is -2.31. The summed E-state index contributed by atoms with van der Waals surface area (Å²) in [5, 5.41) is 3.79. The van der Waals surface area contributed by atoms with Gasteiger partial charge in [0.05, 0.1) is 17.4 Å². The minimum Gasteiger partial charge on any atom is -0.362 e. The van der Waals surface area contributed by atoms with Crippen molar-refractivity contribution in [3.05, 3.63) is 30.6 Å². The molecule has 31 heavy (non-hydrogen) atoms. The number of aromatic nitrogens is 3. The van der Waals surface area contributed by atoms with Gasteiger partial charge in [-0.1, -0.05) is 32.0 Å². The van der Waals surface area contributed by atoms with Gasteiger partial charge in [0.2, 0.25) is 5.91 Å². The molecule has 0 spiro atoms. The number of carbonyl (C=O) groups is 2. The van der Waals surface area contributed by atoms with Gasteiger partial charge in [-0.05, 0) is 32.8 Å². The van der Waals surface area contributed by atoms with E-state index in [4.69, 9.17) is 4.74 Å². The third-order valence-corrected chi connectivity index (χ3v) is 5.11. The Morgan fingerprint density at radius 2 is 1.90 bits per heavy atom. The van der Waals surface area contributed by atoms with E-state index in [9.17, 15) is 9.59 Å². The van der Waals surface area contributed by atoms with Crippen molar-refractivity contribution < 1.29 is 14.3 Å². The molecule has 0 bridgehead atoms. The Morgan fingerprint density at radius 1 is 1.19 bits per heavy atom. The van der Waals surface area contributed by atoms with Crippen LogP contribution in [-0.4, -0.2) is 57.0 Å². The molecular formula is C23H31N5O3. The number of hydrogen-bond donors (Lipinski definition) is 1. The molecule has 3 aromatic rings. The zero-order chi connectivity index (χ0) is 22.8. The van der Waals surface area contributed by atoms with Gasteiger partial charge in [-0.25, -0.2) is 9.97 Å². The molecule has 0 aliphatic heterocycles. The number of carbonyl (C=O) groups excluding carboxylic acids is 2. The predicted octanol–water partition coefficient (Wildman–Crippen LogP) is 3.45. The average Bonchev–Trinajstić information content (AvgIpc) is 3.10. The maximum atomic E-state index is 12.5. The molecule has 2 heterocycles. The van der Waals surface area contributed by atoms with Crippen molar-refractivity contribution >= 4 is 39.6 Å². The molecule has 166 valence electrons. The molecule has 0 saturated carbocycles. The lowest BCUT2D eigenvalue weighted by Crippen LogP contribution is -2.44. The van der Waals surface area contributed by atoms with E-state index in [0.717, 1.165) is 23.0 Å². The van der Waals surface area contributed by atoms with E-state index in [1.807, 2.05) is 45.0 Å². The quantitative estimate of drug-likeness (QED) is 0.626. The van der Waals surface area contributed by atoms with Crippen molar-refractivity contribution in [2.24, 2.45) is 5.92 Å². The number of imidazole rings is 1. The third kappa shape index (κ3) is 5.19. The Kier molecular flexibility index (Phi) is 6.59. The summed E-state index contributed by atoms with van der Waals surface area (Å²) in [7, 11) is 1.72. The fourth-order valence-electron chi connectivity index (χ4n) is 3.27. The summed E-state index contributed by atoms with van der Waals surface area (Å²) in [5.74, 6) is 0.273. The number of anilines is 1. The minimum absolute atomic E-state index is 0.162. The number of ether oxygens (including phenoxy) is 1. The second-order valence-corrected chi connectivity index (χ2v) is 9.13. The lowest BCUT2D eigenvalue weighted by molar-refractivity contribution is -0.140. The number of nitrogens with one attached hydrogen (secondary N) is 1. The summed E-state index contributed by atoms with van der Waals surface area (Å²) in [4.78, 5) is 35.4. The molecule has 2 aromatic heterocycles. The van der Waals surface area contributed by atoms with Gasteiger partial charge in [0.1, 0.15) is 18.7 Å². The summed E-state index contributed by atoms with van der Waals surface area (Å²) in [6, 6.07) is 7.80. The van der Waals surface area contributed by atoms with Crippen molar-refractivity contribution in [3.8, 4) is 0 Å². The van der Waals surface area contributed by atoms with Gasteiger partial charge in [0.25, 0.3) is 5.91 Å². The van der Waals surface area contributed by atoms with Crippen LogP contribution in [0, 0.1) is 5.92 Å². The van der Waals surface area contributed by atoms with Crippen LogP contribution in [0.25, 0.3) is 21.9 Å². The van der Waals surface area contributed by atoms with E-state index in [2.05, 4.69) is 33.7 Å². The van der Waals surface area contributed by atoms with Gasteiger partial charge in [-0.15, -0.1) is 0 Å². The zero-order valence-electron chi connectivity index (χ0n) is 19.1. The highest BCUT2D eigenvalue weighted by Gasteiger charge is 2.22. The number of nitrogens with zero attached hydrogens (tertiary/aromatic N) is 4. The molecule has 0 unspecified atom stereocenters. The highest BCUT2D eigenvalue weighted by Crippen LogP contribution is 2.29. The van der Waals surface area contributed by atoms with Gasteiger partial charge in [0, 0.05) is 24.5 Å². The SMILES string of the molecule is CC(C)Cn1cnc2c(NC(=O)COCC(=O)N(C)C(C)(C)C)nc3ccccc3c21. The molecule has 0 aliphatic rings. The second kappa shape index (κ2) is 9.01. The molecule has 0 atom stereocenters. The van der Waals surface area contributed by atoms with E-state index >= 15 is 0 Å². The first-order valence-corrected chi connectivity index (χ1v) is 10.5. The summed E-state index contributed by atoms with van der Waals surface area (Å²) in [5.41, 5.74) is 2.05. The fourth-order valence-corrected chi connectivity index (χ4v) is 3.27. The van der Waals surface area contributed by atoms with Gasteiger partial charge >= 0.3 is 0 Å². The van der Waals surface area contributed by atoms with Crippen molar-refractivity contribution in [2.75, 3.05) is 25.6 Å². The minimum atomic E-state index is -0.381. The normalized spacial score (nSPS) is 12.0. The van der Waals surface area contributed by atoms with E-state index < -0.39 is 0 Å². The molecule has 0 fully saturated rings. The molecule has 0 saturated heterocycles. The maximum absolute atomic E-state index is 12.5. The number of rotatable bonds is 7. The van der Waals surface area contributed by atoms with Crippen molar-refractivity contribution in [1.82, 2.24) is 19.4 Å². The first-order valence-electron chi connectivity index (χ1n) is 10.5. The smallest absolute Gasteiger partial charge is 0.251 e. The first kappa shape index (κ1) is 22.7. The summed E-state index contributed by atoms with van der Waals surface area (Å²) < 4.78 is 7.44. The Balaban J connectivity index is 1.77. The molecule has 1 N–H and O–H groups in total. The number of hydrogen-bond acceptors (Lipinski definition) is 5. The number of likely N-dealkylation sites (N-methyl/N-ethyl adjacent to an activating group) is 1. The Morgan fingerprint density at radius 3 is 2.58 bits per heavy atom. The van der Waals surface area contributed by atoms with Crippen LogP contribution in [0.2, 0.25) is 0 Å². The monoisotopic (exact) mass is 425 g/mol. The fraction of sp³-hybridized carbons (Fsp3) is 0.478. The van der Waals surface area contributed by atoms with Gasteiger partial charge in [-0.2, -0.15) is 0 Å². The van der Waals surface area contributed by atoms with Crippen molar-refractivity contribution in [2.45, 2.75) is 46.7 Å². The van der Waals surface area contributed by atoms with E-state index in [1.54, 1.807) is 18.3 Å². The number of pyridine rings is 1. The molecule has 0 aliphatic carbocycles. The predicted molar refractivity (Wildman–Crippen MR) is 122 cm³/mol. The average molecular weight is 426 g/mol. The van der Waals surface area contributed by atoms with Crippen LogP contribution in [0.5, 0.6) is 0 Å². The van der Waals surface area contributed by atoms with Crippen LogP contribution in [0.4, 0.5) is 5.82 Å². The van der Waals surface area contributed by atoms with E-state index in [-0.39, 0.29) is 30.6 Å². The maximum Gasteiger partial charge on any atom is 0.251 e. The van der Waals surface area contributed by atoms with Crippen LogP contribution in [0.3, 0.4) is 0 Å². The van der Waals surface area contributed by atoms with Crippen LogP contribution in [0.1, 0.15) is 34.6 Å². The van der Waals surface area contributed by atoms with Gasteiger partial charge in [0.15, 0.2) is 5.82 Å². The molecule has 2 amide bonds. The van der Waals surface area contributed by atoms with Crippen LogP contribution in [-0.2, 0) is 20.9 Å². The highest BCUT2D eigenvalue weighted by atomic mass is 16.5. The van der Waals surface area contributed by atoms with Gasteiger partial charge < -0.3 is 19.5 Å². The first-order chi connectivity index (χ1) is 14.6. The number of amides is 2. The van der Waals surface area contributed by atoms with Crippen molar-refractivity contribution in [3.63, 3.8) is 0 Å². The molecule has 0 radical (unpaired) electrons. The molecule has 8 nitrogen and oxygen atoms in total. The molecular weight excluding hydrogens is 394 g/mol. The summed E-state index contributed by atoms with van der Waals surface area (Å²) in [6.07, 6.45) is 1.78. The van der Waals surface area contributed by atoms with E-state index in [1.165, 1.54) is 0 Å². The largest absolute Gasteiger partial charge is 0.362 e. The Hall–Kier alpha value is -3.00. The zero-order valence-corrected chi connectivity index (χ0v) is 19.1. The van der Waals surface area contributed by atoms with Gasteiger partial charge in [-0.3, -0.25) is 9.59 Å². The summed E-state index contributed by atoms with van der Waals surface area (Å²) >= 11 is 0. The molecule has 1 aromatic carbocycles. The van der Waals surface area contributed by atoms with Crippen LogP contribution >= 0.6 is 0 Å². The highest BCUT2D eigenvalue weighted by molar-refractivity contribution is 6.09. The number of para-hydroxylation sites is 1. The number of benzene rings is 1. The Bertz CT molecular complexity index is 1100. The summed E-state index contributed by atoms with van der Waals surface area (Å²) in [6.45, 7) is 10.5.